The smallest absolute Gasteiger partial charge is 0.243 e. The number of aryl methyl sites for hydroxylation is 1. The van der Waals surface area contributed by atoms with Crippen LogP contribution < -0.4 is 15.4 Å². The lowest BCUT2D eigenvalue weighted by atomic mass is 10.1. The summed E-state index contributed by atoms with van der Waals surface area (Å²) in [7, 11) is 0. The van der Waals surface area contributed by atoms with Crippen molar-refractivity contribution in [1.29, 1.82) is 0 Å². The summed E-state index contributed by atoms with van der Waals surface area (Å²) < 4.78 is 5.77. The van der Waals surface area contributed by atoms with Gasteiger partial charge in [-0.1, -0.05) is 44.4 Å². The Morgan fingerprint density at radius 2 is 1.85 bits per heavy atom. The number of anilines is 2. The molecule has 0 radical (unpaired) electrons. The van der Waals surface area contributed by atoms with E-state index < -0.39 is 0 Å². The van der Waals surface area contributed by atoms with Crippen LogP contribution in [0.1, 0.15) is 43.7 Å². The van der Waals surface area contributed by atoms with E-state index in [0.717, 1.165) is 23.5 Å². The molecule has 0 spiro atoms. The highest BCUT2D eigenvalue weighted by Crippen LogP contribution is 2.19. The molecule has 0 aliphatic carbocycles. The highest BCUT2D eigenvalue weighted by atomic mass is 16.5. The van der Waals surface area contributed by atoms with Crippen molar-refractivity contribution in [2.75, 3.05) is 23.8 Å². The lowest BCUT2D eigenvalue weighted by Gasteiger charge is -2.12. The lowest BCUT2D eigenvalue weighted by molar-refractivity contribution is -0.114. The van der Waals surface area contributed by atoms with Crippen LogP contribution in [-0.2, 0) is 4.79 Å². The largest absolute Gasteiger partial charge is 0.494 e. The topological polar surface area (TPSA) is 50.4 Å². The zero-order chi connectivity index (χ0) is 18.8. The van der Waals surface area contributed by atoms with Crippen LogP contribution in [-0.4, -0.2) is 19.1 Å². The molecule has 0 unspecified atom stereocenters. The number of hydrogen-bond acceptors (Lipinski definition) is 3. The van der Waals surface area contributed by atoms with Crippen molar-refractivity contribution in [1.82, 2.24) is 0 Å². The Labute approximate surface area is 157 Å². The van der Waals surface area contributed by atoms with E-state index in [1.165, 1.54) is 30.4 Å². The molecule has 140 valence electrons. The summed E-state index contributed by atoms with van der Waals surface area (Å²) >= 11 is 0. The third-order valence-corrected chi connectivity index (χ3v) is 4.43. The number of rotatable bonds is 10. The molecule has 1 amide bonds. The average molecular weight is 354 g/mol. The van der Waals surface area contributed by atoms with Crippen LogP contribution in [0.2, 0.25) is 0 Å². The maximum atomic E-state index is 12.2. The minimum Gasteiger partial charge on any atom is -0.494 e. The molecule has 2 aromatic carbocycles. The SMILES string of the molecule is CCCCCCOc1cccc(NC(=O)CNc2cccc(C)c2C)c1. The Hall–Kier alpha value is -2.49. The van der Waals surface area contributed by atoms with Gasteiger partial charge in [0.2, 0.25) is 5.91 Å². The molecule has 0 heterocycles. The Bertz CT molecular complexity index is 713. The fourth-order valence-electron chi connectivity index (χ4n) is 2.71. The number of carbonyl (C=O) groups excluding carboxylic acids is 1. The first-order chi connectivity index (χ1) is 12.6. The maximum absolute atomic E-state index is 12.2. The van der Waals surface area contributed by atoms with Gasteiger partial charge in [-0.3, -0.25) is 4.79 Å². The molecule has 0 saturated heterocycles. The van der Waals surface area contributed by atoms with Crippen molar-refractivity contribution in [2.45, 2.75) is 46.5 Å². The minimum atomic E-state index is -0.0778. The minimum absolute atomic E-state index is 0.0778. The van der Waals surface area contributed by atoms with Crippen molar-refractivity contribution in [3.8, 4) is 5.75 Å². The quantitative estimate of drug-likeness (QED) is 0.568. The summed E-state index contributed by atoms with van der Waals surface area (Å²) in [5, 5.41) is 6.11. The van der Waals surface area contributed by atoms with E-state index >= 15 is 0 Å². The molecule has 0 aliphatic heterocycles. The van der Waals surface area contributed by atoms with Crippen LogP contribution in [0.4, 0.5) is 11.4 Å². The zero-order valence-corrected chi connectivity index (χ0v) is 16.1. The Balaban J connectivity index is 1.81. The molecule has 2 rings (SSSR count). The van der Waals surface area contributed by atoms with E-state index in [1.807, 2.05) is 36.4 Å². The fraction of sp³-hybridized carbons (Fsp3) is 0.409. The van der Waals surface area contributed by atoms with Gasteiger partial charge in [-0.05, 0) is 49.6 Å². The molecule has 4 heteroatoms. The van der Waals surface area contributed by atoms with Gasteiger partial charge in [0.15, 0.2) is 0 Å². The van der Waals surface area contributed by atoms with Gasteiger partial charge in [0.05, 0.1) is 13.2 Å². The molecule has 2 N–H and O–H groups in total. The van der Waals surface area contributed by atoms with Gasteiger partial charge < -0.3 is 15.4 Å². The molecular weight excluding hydrogens is 324 g/mol. The van der Waals surface area contributed by atoms with Crippen molar-refractivity contribution >= 4 is 17.3 Å². The van der Waals surface area contributed by atoms with E-state index in [1.54, 1.807) is 0 Å². The number of ether oxygens (including phenoxy) is 1. The predicted octanol–water partition coefficient (Wildman–Crippen LogP) is 5.31. The first kappa shape index (κ1) is 19.8. The molecule has 2 aromatic rings. The van der Waals surface area contributed by atoms with E-state index in [2.05, 4.69) is 37.5 Å². The van der Waals surface area contributed by atoms with Crippen molar-refractivity contribution < 1.29 is 9.53 Å². The number of nitrogens with one attached hydrogen (secondary N) is 2. The summed E-state index contributed by atoms with van der Waals surface area (Å²) in [4.78, 5) is 12.2. The van der Waals surface area contributed by atoms with Gasteiger partial charge in [0, 0.05) is 17.4 Å². The third-order valence-electron chi connectivity index (χ3n) is 4.43. The van der Waals surface area contributed by atoms with Gasteiger partial charge in [-0.25, -0.2) is 0 Å². The second-order valence-corrected chi connectivity index (χ2v) is 6.59. The van der Waals surface area contributed by atoms with E-state index in [9.17, 15) is 4.79 Å². The monoisotopic (exact) mass is 354 g/mol. The molecule has 0 bridgehead atoms. The van der Waals surface area contributed by atoms with E-state index in [-0.39, 0.29) is 12.5 Å². The molecule has 26 heavy (non-hydrogen) atoms. The first-order valence-electron chi connectivity index (χ1n) is 9.43. The van der Waals surface area contributed by atoms with Gasteiger partial charge in [0.1, 0.15) is 5.75 Å². The van der Waals surface area contributed by atoms with E-state index in [4.69, 9.17) is 4.74 Å². The highest BCUT2D eigenvalue weighted by Gasteiger charge is 2.06. The molecular formula is C22H30N2O2. The highest BCUT2D eigenvalue weighted by molar-refractivity contribution is 5.94. The summed E-state index contributed by atoms with van der Waals surface area (Å²) in [6.45, 7) is 7.26. The zero-order valence-electron chi connectivity index (χ0n) is 16.1. The van der Waals surface area contributed by atoms with E-state index in [0.29, 0.717) is 6.61 Å². The third kappa shape index (κ3) is 6.43. The number of hydrogen-bond donors (Lipinski definition) is 2. The normalized spacial score (nSPS) is 10.4. The maximum Gasteiger partial charge on any atom is 0.243 e. The summed E-state index contributed by atoms with van der Waals surface area (Å²) in [6.07, 6.45) is 4.71. The number of benzene rings is 2. The van der Waals surface area contributed by atoms with Gasteiger partial charge in [-0.2, -0.15) is 0 Å². The van der Waals surface area contributed by atoms with Gasteiger partial charge in [-0.15, -0.1) is 0 Å². The molecule has 0 atom stereocenters. The molecule has 0 aliphatic rings. The van der Waals surface area contributed by atoms with Crippen LogP contribution in [0.15, 0.2) is 42.5 Å². The Morgan fingerprint density at radius 3 is 2.65 bits per heavy atom. The molecule has 0 fully saturated rings. The molecule has 4 nitrogen and oxygen atoms in total. The number of unbranched alkanes of at least 4 members (excludes halogenated alkanes) is 3. The second-order valence-electron chi connectivity index (χ2n) is 6.59. The molecule has 0 saturated carbocycles. The Kier molecular flexibility index (Phi) is 8.00. The van der Waals surface area contributed by atoms with Gasteiger partial charge in [0.25, 0.3) is 0 Å². The van der Waals surface area contributed by atoms with Crippen molar-refractivity contribution in [3.63, 3.8) is 0 Å². The number of carbonyl (C=O) groups is 1. The summed E-state index contributed by atoms with van der Waals surface area (Å²) in [5.74, 6) is 0.716. The lowest BCUT2D eigenvalue weighted by Crippen LogP contribution is -2.22. The second kappa shape index (κ2) is 10.5. The standard InChI is InChI=1S/C22H30N2O2/c1-4-5-6-7-14-26-20-12-9-11-19(15-20)24-22(25)16-23-21-13-8-10-17(2)18(21)3/h8-13,15,23H,4-7,14,16H2,1-3H3,(H,24,25). The van der Waals surface area contributed by atoms with Crippen LogP contribution in [0.3, 0.4) is 0 Å². The number of amides is 1. The predicted molar refractivity (Wildman–Crippen MR) is 109 cm³/mol. The first-order valence-corrected chi connectivity index (χ1v) is 9.43. The van der Waals surface area contributed by atoms with Crippen molar-refractivity contribution in [3.05, 3.63) is 53.6 Å². The van der Waals surface area contributed by atoms with Gasteiger partial charge >= 0.3 is 0 Å². The Morgan fingerprint density at radius 1 is 1.04 bits per heavy atom. The fourth-order valence-corrected chi connectivity index (χ4v) is 2.71. The van der Waals surface area contributed by atoms with Crippen LogP contribution >= 0.6 is 0 Å². The average Bonchev–Trinajstić information content (AvgIpc) is 2.63. The van der Waals surface area contributed by atoms with Crippen LogP contribution in [0.25, 0.3) is 0 Å². The summed E-state index contributed by atoms with van der Waals surface area (Å²) in [5.41, 5.74) is 4.12. The van der Waals surface area contributed by atoms with Crippen LogP contribution in [0, 0.1) is 13.8 Å². The van der Waals surface area contributed by atoms with Crippen LogP contribution in [0.5, 0.6) is 5.75 Å². The molecule has 0 aromatic heterocycles. The summed E-state index contributed by atoms with van der Waals surface area (Å²) in [6, 6.07) is 13.6. The van der Waals surface area contributed by atoms with Crippen molar-refractivity contribution in [2.24, 2.45) is 0 Å².